The van der Waals surface area contributed by atoms with Gasteiger partial charge >= 0.3 is 0 Å². The molecule has 0 aromatic heterocycles. The number of nitrogens with zero attached hydrogens (tertiary/aromatic N) is 2. The molecule has 0 fully saturated rings. The van der Waals surface area contributed by atoms with E-state index in [4.69, 9.17) is 24.4 Å². The van der Waals surface area contributed by atoms with Crippen LogP contribution in [0.4, 0.5) is 0 Å². The first kappa shape index (κ1) is 20.7. The van der Waals surface area contributed by atoms with Crippen LogP contribution in [0, 0.1) is 0 Å². The van der Waals surface area contributed by atoms with Crippen LogP contribution in [0.3, 0.4) is 0 Å². The number of hydrogen-bond donors (Lipinski definition) is 4. The molecule has 0 heterocycles. The zero-order valence-electron chi connectivity index (χ0n) is 14.0. The second kappa shape index (κ2) is 13.4. The monoisotopic (exact) mass is 344 g/mol. The van der Waals surface area contributed by atoms with E-state index in [-0.39, 0.29) is 0 Å². The van der Waals surface area contributed by atoms with Crippen LogP contribution in [0.15, 0.2) is 10.2 Å². The Morgan fingerprint density at radius 3 is 1.45 bits per heavy atom. The van der Waals surface area contributed by atoms with Crippen LogP contribution >= 0.6 is 24.4 Å². The molecular weight excluding hydrogens is 316 g/mol. The molecule has 0 radical (unpaired) electrons. The van der Waals surface area contributed by atoms with Crippen molar-refractivity contribution < 1.29 is 0 Å². The summed E-state index contributed by atoms with van der Waals surface area (Å²) >= 11 is 10.2. The molecule has 0 unspecified atom stereocenters. The summed E-state index contributed by atoms with van der Waals surface area (Å²) in [7, 11) is 0. The van der Waals surface area contributed by atoms with Crippen molar-refractivity contribution in [3.63, 3.8) is 0 Å². The van der Waals surface area contributed by atoms with Crippen LogP contribution in [0.1, 0.15) is 53.4 Å². The summed E-state index contributed by atoms with van der Waals surface area (Å²) in [6.45, 7) is 9.80. The van der Waals surface area contributed by atoms with E-state index in [0.29, 0.717) is 10.2 Å². The number of thiocarbonyl (C=S) groups is 2. The normalized spacial score (nSPS) is 11.8. The summed E-state index contributed by atoms with van der Waals surface area (Å²) in [5.74, 6) is 0. The molecule has 0 aromatic carbocycles. The van der Waals surface area contributed by atoms with E-state index in [0.717, 1.165) is 50.2 Å². The summed E-state index contributed by atoms with van der Waals surface area (Å²) in [6, 6.07) is 0. The first-order valence-electron chi connectivity index (χ1n) is 7.63. The minimum absolute atomic E-state index is 0.556. The second-order valence-electron chi connectivity index (χ2n) is 4.93. The average molecular weight is 345 g/mol. The van der Waals surface area contributed by atoms with Gasteiger partial charge in [0.15, 0.2) is 10.2 Å². The largest absolute Gasteiger partial charge is 0.361 e. The number of nitrogens with one attached hydrogen (secondary N) is 4. The first-order valence-corrected chi connectivity index (χ1v) is 8.45. The second-order valence-corrected chi connectivity index (χ2v) is 5.75. The van der Waals surface area contributed by atoms with E-state index < -0.39 is 0 Å². The molecule has 22 heavy (non-hydrogen) atoms. The molecule has 0 aliphatic carbocycles. The maximum Gasteiger partial charge on any atom is 0.186 e. The summed E-state index contributed by atoms with van der Waals surface area (Å²) in [5, 5.41) is 15.7. The topological polar surface area (TPSA) is 72.8 Å². The van der Waals surface area contributed by atoms with Gasteiger partial charge in [0.2, 0.25) is 0 Å². The van der Waals surface area contributed by atoms with Crippen molar-refractivity contribution in [2.24, 2.45) is 10.2 Å². The molecule has 0 aliphatic rings. The molecule has 0 rings (SSSR count). The van der Waals surface area contributed by atoms with E-state index >= 15 is 0 Å². The van der Waals surface area contributed by atoms with E-state index in [1.54, 1.807) is 0 Å². The lowest BCUT2D eigenvalue weighted by Gasteiger charge is -2.07. The summed E-state index contributed by atoms with van der Waals surface area (Å²) in [4.78, 5) is 0. The Hall–Kier alpha value is -1.28. The Morgan fingerprint density at radius 2 is 1.14 bits per heavy atom. The lowest BCUT2D eigenvalue weighted by Crippen LogP contribution is -2.33. The molecule has 0 aliphatic heterocycles. The Morgan fingerprint density at radius 1 is 0.773 bits per heavy atom. The highest BCUT2D eigenvalue weighted by Gasteiger charge is 1.98. The maximum atomic E-state index is 5.09. The van der Waals surface area contributed by atoms with Crippen LogP contribution in [0.25, 0.3) is 0 Å². The molecular formula is C14H28N6S2. The molecule has 0 atom stereocenters. The molecule has 6 nitrogen and oxygen atoms in total. The molecule has 0 saturated heterocycles. The molecule has 0 amide bonds. The molecule has 0 saturated carbocycles. The van der Waals surface area contributed by atoms with Crippen molar-refractivity contribution in [2.75, 3.05) is 13.1 Å². The van der Waals surface area contributed by atoms with Crippen molar-refractivity contribution >= 4 is 46.1 Å². The third-order valence-corrected chi connectivity index (χ3v) is 3.09. The lowest BCUT2D eigenvalue weighted by molar-refractivity contribution is 0.813. The van der Waals surface area contributed by atoms with Gasteiger partial charge in [0.05, 0.1) is 0 Å². The minimum Gasteiger partial charge on any atom is -0.361 e. The number of hydrazone groups is 2. The van der Waals surface area contributed by atoms with Crippen LogP contribution in [-0.4, -0.2) is 34.7 Å². The van der Waals surface area contributed by atoms with Crippen molar-refractivity contribution in [3.8, 4) is 0 Å². The number of hydrogen-bond acceptors (Lipinski definition) is 4. The highest BCUT2D eigenvalue weighted by Crippen LogP contribution is 1.95. The Kier molecular flexibility index (Phi) is 12.6. The summed E-state index contributed by atoms with van der Waals surface area (Å²) in [6.07, 6.45) is 3.69. The van der Waals surface area contributed by atoms with Gasteiger partial charge in [-0.25, -0.2) is 0 Å². The predicted molar refractivity (Wildman–Crippen MR) is 104 cm³/mol. The SMILES string of the molecule is CCCNC(=S)N/N=C(\C)CC/C(C)=N/NC(=S)NCCC. The van der Waals surface area contributed by atoms with Crippen LogP contribution < -0.4 is 21.5 Å². The summed E-state index contributed by atoms with van der Waals surface area (Å²) in [5.41, 5.74) is 7.62. The van der Waals surface area contributed by atoms with Gasteiger partial charge in [-0.15, -0.1) is 0 Å². The Bertz CT molecular complexity index is 368. The quantitative estimate of drug-likeness (QED) is 0.292. The molecule has 8 heteroatoms. The Labute approximate surface area is 144 Å². The fourth-order valence-electron chi connectivity index (χ4n) is 1.32. The third-order valence-electron chi connectivity index (χ3n) is 2.62. The van der Waals surface area contributed by atoms with Crippen molar-refractivity contribution in [3.05, 3.63) is 0 Å². The zero-order valence-corrected chi connectivity index (χ0v) is 15.6. The third kappa shape index (κ3) is 12.5. The highest BCUT2D eigenvalue weighted by atomic mass is 32.1. The van der Waals surface area contributed by atoms with Gasteiger partial charge in [-0.05, 0) is 64.0 Å². The molecule has 4 N–H and O–H groups in total. The van der Waals surface area contributed by atoms with Gasteiger partial charge in [0.25, 0.3) is 0 Å². The molecule has 0 spiro atoms. The zero-order chi connectivity index (χ0) is 16.8. The first-order chi connectivity index (χ1) is 10.5. The summed E-state index contributed by atoms with van der Waals surface area (Å²) < 4.78 is 0. The fourth-order valence-corrected chi connectivity index (χ4v) is 1.62. The van der Waals surface area contributed by atoms with Gasteiger partial charge in [-0.1, -0.05) is 13.8 Å². The molecule has 0 aromatic rings. The van der Waals surface area contributed by atoms with E-state index in [9.17, 15) is 0 Å². The van der Waals surface area contributed by atoms with Crippen molar-refractivity contribution in [2.45, 2.75) is 53.4 Å². The lowest BCUT2D eigenvalue weighted by atomic mass is 10.2. The van der Waals surface area contributed by atoms with Gasteiger partial charge in [-0.2, -0.15) is 10.2 Å². The molecule has 126 valence electrons. The van der Waals surface area contributed by atoms with Crippen LogP contribution in [0.2, 0.25) is 0 Å². The standard InChI is InChI=1S/C14H28N6S2/c1-5-9-15-13(21)19-17-11(3)7-8-12(4)18-20-14(22)16-10-6-2/h5-10H2,1-4H3,(H2,15,19,21)(H2,16,20,22)/b17-11+,18-12+. The van der Waals surface area contributed by atoms with Crippen molar-refractivity contribution in [1.29, 1.82) is 0 Å². The minimum atomic E-state index is 0.556. The fraction of sp³-hybridized carbons (Fsp3) is 0.714. The van der Waals surface area contributed by atoms with Gasteiger partial charge in [0.1, 0.15) is 0 Å². The van der Waals surface area contributed by atoms with Crippen LogP contribution in [0.5, 0.6) is 0 Å². The van der Waals surface area contributed by atoms with E-state index in [1.165, 1.54) is 0 Å². The smallest absolute Gasteiger partial charge is 0.186 e. The van der Waals surface area contributed by atoms with Gasteiger partial charge in [-0.3, -0.25) is 10.9 Å². The highest BCUT2D eigenvalue weighted by molar-refractivity contribution is 7.80. The number of rotatable bonds is 9. The van der Waals surface area contributed by atoms with Crippen molar-refractivity contribution in [1.82, 2.24) is 21.5 Å². The Balaban J connectivity index is 3.99. The van der Waals surface area contributed by atoms with E-state index in [1.807, 2.05) is 13.8 Å². The molecule has 0 bridgehead atoms. The van der Waals surface area contributed by atoms with Gasteiger partial charge < -0.3 is 10.6 Å². The average Bonchev–Trinajstić information content (AvgIpc) is 2.52. The van der Waals surface area contributed by atoms with E-state index in [2.05, 4.69) is 45.5 Å². The van der Waals surface area contributed by atoms with Crippen LogP contribution in [-0.2, 0) is 0 Å². The maximum absolute atomic E-state index is 5.09. The van der Waals surface area contributed by atoms with Gasteiger partial charge in [0, 0.05) is 24.5 Å². The predicted octanol–water partition coefficient (Wildman–Crippen LogP) is 2.27.